The molecule has 0 fully saturated rings. The molecule has 0 atom stereocenters. The average molecular weight is 151 g/mol. The highest BCUT2D eigenvalue weighted by atomic mass is 14.7. The largest absolute Gasteiger partial charge is 0.399 e. The molecule has 0 radical (unpaired) electrons. The van der Waals surface area contributed by atoms with Crippen LogP contribution >= 0.6 is 0 Å². The Morgan fingerprint density at radius 2 is 2.09 bits per heavy atom. The van der Waals surface area contributed by atoms with Crippen LogP contribution in [0.25, 0.3) is 0 Å². The molecule has 0 aliphatic carbocycles. The van der Waals surface area contributed by atoms with E-state index >= 15 is 0 Å². The number of nitrogens with zero attached hydrogens (tertiary/aromatic N) is 1. The van der Waals surface area contributed by atoms with E-state index in [-0.39, 0.29) is 0 Å². The summed E-state index contributed by atoms with van der Waals surface area (Å²) in [6.07, 6.45) is 6.18. The molecule has 3 N–H and O–H groups in total. The first-order valence-electron chi connectivity index (χ1n) is 3.28. The predicted molar refractivity (Wildman–Crippen MR) is 49.2 cm³/mol. The molecule has 3 nitrogen and oxygen atoms in total. The van der Waals surface area contributed by atoms with Gasteiger partial charge in [-0.05, 0) is 25.2 Å². The zero-order valence-electron chi connectivity index (χ0n) is 6.83. The smallest absolute Gasteiger partial charge is 0.0329 e. The number of aliphatic imine (C=N–C) groups is 1. The summed E-state index contributed by atoms with van der Waals surface area (Å²) in [5.74, 6) is 0. The molecule has 0 unspecified atom stereocenters. The van der Waals surface area contributed by atoms with Gasteiger partial charge in [0.15, 0.2) is 0 Å². The van der Waals surface area contributed by atoms with E-state index in [0.29, 0.717) is 5.70 Å². The van der Waals surface area contributed by atoms with Crippen LogP contribution in [0.1, 0.15) is 6.92 Å². The molecule has 0 aromatic heterocycles. The van der Waals surface area contributed by atoms with Gasteiger partial charge in [-0.2, -0.15) is 0 Å². The molecule has 0 aliphatic rings. The molecule has 60 valence electrons. The highest BCUT2D eigenvalue weighted by Crippen LogP contribution is 1.86. The maximum Gasteiger partial charge on any atom is 0.0329 e. The summed E-state index contributed by atoms with van der Waals surface area (Å²) in [5.41, 5.74) is 6.92. The Morgan fingerprint density at radius 1 is 1.45 bits per heavy atom. The van der Waals surface area contributed by atoms with Gasteiger partial charge in [0.25, 0.3) is 0 Å². The highest BCUT2D eigenvalue weighted by Gasteiger charge is 1.80. The first-order chi connectivity index (χ1) is 5.20. The van der Waals surface area contributed by atoms with Crippen LogP contribution in [0.4, 0.5) is 0 Å². The molecule has 0 aromatic rings. The molecule has 0 heterocycles. The summed E-state index contributed by atoms with van der Waals surface area (Å²) < 4.78 is 0. The van der Waals surface area contributed by atoms with Crippen molar-refractivity contribution < 1.29 is 0 Å². The van der Waals surface area contributed by atoms with Gasteiger partial charge in [0.2, 0.25) is 0 Å². The second kappa shape index (κ2) is 5.41. The Bertz CT molecular complexity index is 211. The lowest BCUT2D eigenvalue weighted by Crippen LogP contribution is -1.94. The van der Waals surface area contributed by atoms with Crippen LogP contribution in [0.5, 0.6) is 0 Å². The fourth-order valence-electron chi connectivity index (χ4n) is 0.443. The van der Waals surface area contributed by atoms with Gasteiger partial charge in [-0.3, -0.25) is 4.99 Å². The van der Waals surface area contributed by atoms with Crippen molar-refractivity contribution >= 4 is 11.9 Å². The number of nitrogens with one attached hydrogen (secondary N) is 1. The first kappa shape index (κ1) is 9.62. The molecule has 0 amide bonds. The zero-order valence-corrected chi connectivity index (χ0v) is 6.83. The molecular weight excluding hydrogens is 138 g/mol. The maximum absolute atomic E-state index is 6.72. The van der Waals surface area contributed by atoms with Crippen molar-refractivity contribution in [2.75, 3.05) is 7.05 Å². The summed E-state index contributed by atoms with van der Waals surface area (Å²) in [6.45, 7) is 1.88. The topological polar surface area (TPSA) is 62.2 Å². The summed E-state index contributed by atoms with van der Waals surface area (Å²) in [6, 6.07) is 0. The fraction of sp³-hybridized carbons (Fsp3) is 0.250. The van der Waals surface area contributed by atoms with Gasteiger partial charge in [0.05, 0.1) is 0 Å². The third-order valence-electron chi connectivity index (χ3n) is 1.15. The van der Waals surface area contributed by atoms with Crippen LogP contribution in [0.3, 0.4) is 0 Å². The molecule has 0 aliphatic heterocycles. The maximum atomic E-state index is 6.72. The van der Waals surface area contributed by atoms with Gasteiger partial charge < -0.3 is 11.1 Å². The normalized spacial score (nSPS) is 14.0. The zero-order chi connectivity index (χ0) is 8.69. The molecule has 0 aromatic carbocycles. The molecule has 0 spiro atoms. The number of allylic oxidation sites excluding steroid dienone is 3. The van der Waals surface area contributed by atoms with E-state index in [1.54, 1.807) is 19.2 Å². The third-order valence-corrected chi connectivity index (χ3v) is 1.15. The average Bonchev–Trinajstić information content (AvgIpc) is 2.01. The van der Waals surface area contributed by atoms with Crippen LogP contribution in [0.15, 0.2) is 28.9 Å². The Balaban J connectivity index is 4.13. The fourth-order valence-corrected chi connectivity index (χ4v) is 0.443. The van der Waals surface area contributed by atoms with E-state index in [2.05, 4.69) is 4.99 Å². The van der Waals surface area contributed by atoms with Crippen LogP contribution in [-0.2, 0) is 0 Å². The van der Waals surface area contributed by atoms with Gasteiger partial charge in [-0.25, -0.2) is 0 Å². The van der Waals surface area contributed by atoms with E-state index in [9.17, 15) is 0 Å². The molecule has 0 rings (SSSR count). The summed E-state index contributed by atoms with van der Waals surface area (Å²) in [7, 11) is 1.72. The Morgan fingerprint density at radius 3 is 2.55 bits per heavy atom. The number of nitrogens with two attached hydrogens (primary N) is 1. The Kier molecular flexibility index (Phi) is 4.73. The van der Waals surface area contributed by atoms with E-state index < -0.39 is 0 Å². The molecule has 0 saturated carbocycles. The van der Waals surface area contributed by atoms with Crippen molar-refractivity contribution in [2.45, 2.75) is 6.92 Å². The van der Waals surface area contributed by atoms with E-state index in [1.807, 2.05) is 6.92 Å². The van der Waals surface area contributed by atoms with Gasteiger partial charge in [0.1, 0.15) is 0 Å². The predicted octanol–water partition coefficient (Wildman–Crippen LogP) is 1.13. The number of rotatable bonds is 3. The lowest BCUT2D eigenvalue weighted by atomic mass is 10.3. The van der Waals surface area contributed by atoms with Gasteiger partial charge in [0, 0.05) is 24.7 Å². The van der Waals surface area contributed by atoms with Crippen molar-refractivity contribution in [1.29, 1.82) is 5.41 Å². The molecular formula is C8H13N3. The van der Waals surface area contributed by atoms with Crippen LogP contribution in [-0.4, -0.2) is 19.0 Å². The summed E-state index contributed by atoms with van der Waals surface area (Å²) in [5, 5.41) is 6.72. The monoisotopic (exact) mass is 151 g/mol. The third kappa shape index (κ3) is 5.08. The van der Waals surface area contributed by atoms with Crippen molar-refractivity contribution in [3.8, 4) is 0 Å². The molecule has 0 saturated heterocycles. The van der Waals surface area contributed by atoms with Crippen LogP contribution in [0, 0.1) is 5.41 Å². The molecule has 3 heteroatoms. The number of hydrogen-bond acceptors (Lipinski definition) is 3. The standard InChI is InChI=1S/C8H13N3/c1-7(11-2)3-4-8(10)5-6-9/h3-6,9H,10H2,1-2H3/b4-3+,8-5+,9-6?,11-7?. The Hall–Kier alpha value is -1.38. The van der Waals surface area contributed by atoms with Crippen molar-refractivity contribution in [3.63, 3.8) is 0 Å². The minimum Gasteiger partial charge on any atom is -0.399 e. The molecule has 0 bridgehead atoms. The van der Waals surface area contributed by atoms with E-state index in [1.165, 1.54) is 6.08 Å². The van der Waals surface area contributed by atoms with Crippen molar-refractivity contribution in [1.82, 2.24) is 0 Å². The number of hydrogen-bond donors (Lipinski definition) is 2. The minimum atomic E-state index is 0.558. The second-order valence-corrected chi connectivity index (χ2v) is 2.03. The molecule has 11 heavy (non-hydrogen) atoms. The van der Waals surface area contributed by atoms with Crippen LogP contribution < -0.4 is 5.73 Å². The van der Waals surface area contributed by atoms with E-state index in [4.69, 9.17) is 11.1 Å². The van der Waals surface area contributed by atoms with Gasteiger partial charge in [-0.1, -0.05) is 0 Å². The Labute approximate surface area is 66.8 Å². The quantitative estimate of drug-likeness (QED) is 0.461. The lowest BCUT2D eigenvalue weighted by molar-refractivity contribution is 1.41. The second-order valence-electron chi connectivity index (χ2n) is 2.03. The van der Waals surface area contributed by atoms with Crippen molar-refractivity contribution in [2.24, 2.45) is 10.7 Å². The van der Waals surface area contributed by atoms with Gasteiger partial charge >= 0.3 is 0 Å². The first-order valence-corrected chi connectivity index (χ1v) is 3.28. The summed E-state index contributed by atoms with van der Waals surface area (Å²) >= 11 is 0. The summed E-state index contributed by atoms with van der Waals surface area (Å²) in [4.78, 5) is 3.91. The van der Waals surface area contributed by atoms with Crippen LogP contribution in [0.2, 0.25) is 0 Å². The van der Waals surface area contributed by atoms with Gasteiger partial charge in [-0.15, -0.1) is 0 Å². The van der Waals surface area contributed by atoms with Crippen molar-refractivity contribution in [3.05, 3.63) is 23.9 Å². The van der Waals surface area contributed by atoms with E-state index in [0.717, 1.165) is 11.9 Å². The lowest BCUT2D eigenvalue weighted by Gasteiger charge is -1.89. The minimum absolute atomic E-state index is 0.558. The SMILES string of the molecule is CN=C(C)/C=C/C(N)=C\C=N. The highest BCUT2D eigenvalue weighted by molar-refractivity contribution is 5.93.